The molecule has 0 aliphatic heterocycles. The van der Waals surface area contributed by atoms with Crippen molar-refractivity contribution in [3.8, 4) is 0 Å². The zero-order chi connectivity index (χ0) is 8.43. The van der Waals surface area contributed by atoms with Gasteiger partial charge in [-0.15, -0.1) is 0 Å². The maximum absolute atomic E-state index is 11.1. The molecule has 11 heavy (non-hydrogen) atoms. The Morgan fingerprint density at radius 1 is 1.45 bits per heavy atom. The predicted octanol–water partition coefficient (Wildman–Crippen LogP) is 2.49. The van der Waals surface area contributed by atoms with E-state index in [2.05, 4.69) is 15.9 Å². The molecule has 60 valence electrons. The normalized spacial score (nSPS) is 13.1. The first-order chi connectivity index (χ1) is 5.11. The van der Waals surface area contributed by atoms with Crippen LogP contribution in [0.4, 0.5) is 0 Å². The van der Waals surface area contributed by atoms with Crippen LogP contribution >= 0.6 is 15.9 Å². The van der Waals surface area contributed by atoms with Gasteiger partial charge in [0.05, 0.1) is 4.47 Å². The molecule has 1 unspecified atom stereocenters. The third-order valence-electron chi connectivity index (χ3n) is 1.40. The minimum Gasteiger partial charge on any atom is -0.612 e. The first-order valence-corrected chi connectivity index (χ1v) is 5.56. The number of halogens is 1. The number of hydrogen-bond donors (Lipinski definition) is 0. The van der Waals surface area contributed by atoms with E-state index in [0.717, 1.165) is 9.37 Å². The summed E-state index contributed by atoms with van der Waals surface area (Å²) in [5.41, 5.74) is 1.17. The minimum absolute atomic E-state index is 0.857. The fourth-order valence-corrected chi connectivity index (χ4v) is 2.61. The summed E-state index contributed by atoms with van der Waals surface area (Å²) in [4.78, 5) is 0.857. The van der Waals surface area contributed by atoms with E-state index in [1.807, 2.05) is 25.1 Å². The Labute approximate surface area is 78.1 Å². The summed E-state index contributed by atoms with van der Waals surface area (Å²) in [6.07, 6.45) is 1.68. The van der Waals surface area contributed by atoms with E-state index in [0.29, 0.717) is 0 Å². The van der Waals surface area contributed by atoms with Crippen molar-refractivity contribution in [2.45, 2.75) is 11.8 Å². The topological polar surface area (TPSA) is 23.1 Å². The van der Waals surface area contributed by atoms with E-state index in [9.17, 15) is 4.55 Å². The Morgan fingerprint density at radius 2 is 2.09 bits per heavy atom. The molecular formula is C8H9BrOS. The molecule has 1 nitrogen and oxygen atoms in total. The van der Waals surface area contributed by atoms with Crippen LogP contribution < -0.4 is 0 Å². The van der Waals surface area contributed by atoms with Gasteiger partial charge in [0.2, 0.25) is 0 Å². The fraction of sp³-hybridized carbons (Fsp3) is 0.250. The Bertz CT molecular complexity index is 260. The first kappa shape index (κ1) is 9.10. The Balaban J connectivity index is 3.09. The van der Waals surface area contributed by atoms with Crippen molar-refractivity contribution in [2.24, 2.45) is 0 Å². The molecule has 0 saturated carbocycles. The average Bonchev–Trinajstić information content (AvgIpc) is 1.85. The Morgan fingerprint density at radius 3 is 2.55 bits per heavy atom. The van der Waals surface area contributed by atoms with Crippen LogP contribution in [0.1, 0.15) is 5.56 Å². The average molecular weight is 233 g/mol. The molecule has 0 amide bonds. The van der Waals surface area contributed by atoms with Crippen LogP contribution in [-0.4, -0.2) is 10.8 Å². The molecule has 0 fully saturated rings. The molecule has 1 aromatic rings. The highest BCUT2D eigenvalue weighted by Crippen LogP contribution is 2.22. The summed E-state index contributed by atoms with van der Waals surface area (Å²) < 4.78 is 12.0. The van der Waals surface area contributed by atoms with Gasteiger partial charge in [0.15, 0.2) is 4.90 Å². The van der Waals surface area contributed by atoms with Gasteiger partial charge < -0.3 is 4.55 Å². The summed E-state index contributed by atoms with van der Waals surface area (Å²) in [6, 6.07) is 5.81. The monoisotopic (exact) mass is 232 g/mol. The second kappa shape index (κ2) is 3.61. The van der Waals surface area contributed by atoms with Crippen LogP contribution in [0.3, 0.4) is 0 Å². The van der Waals surface area contributed by atoms with E-state index >= 15 is 0 Å². The highest BCUT2D eigenvalue weighted by Gasteiger charge is 2.08. The van der Waals surface area contributed by atoms with E-state index < -0.39 is 11.2 Å². The largest absolute Gasteiger partial charge is 0.612 e. The van der Waals surface area contributed by atoms with Crippen LogP contribution in [0.5, 0.6) is 0 Å². The van der Waals surface area contributed by atoms with Gasteiger partial charge in [-0.2, -0.15) is 0 Å². The smallest absolute Gasteiger partial charge is 0.166 e. The number of rotatable bonds is 1. The lowest BCUT2D eigenvalue weighted by Crippen LogP contribution is -1.97. The molecule has 1 atom stereocenters. The third-order valence-corrected chi connectivity index (χ3v) is 3.29. The lowest BCUT2D eigenvalue weighted by molar-refractivity contribution is 0.600. The standard InChI is InChI=1S/C8H9BrOS/c1-6-3-4-8(11(2)10)7(9)5-6/h3-5H,1-2H3. The van der Waals surface area contributed by atoms with Crippen LogP contribution in [0.25, 0.3) is 0 Å². The lowest BCUT2D eigenvalue weighted by atomic mass is 10.2. The van der Waals surface area contributed by atoms with Gasteiger partial charge in [-0.1, -0.05) is 6.07 Å². The summed E-state index contributed by atoms with van der Waals surface area (Å²) >= 11 is 2.46. The van der Waals surface area contributed by atoms with Gasteiger partial charge in [0.25, 0.3) is 0 Å². The summed E-state index contributed by atoms with van der Waals surface area (Å²) in [7, 11) is 0. The molecule has 0 heterocycles. The Kier molecular flexibility index (Phi) is 2.98. The van der Waals surface area contributed by atoms with Gasteiger partial charge >= 0.3 is 0 Å². The van der Waals surface area contributed by atoms with Crippen LogP contribution in [0.2, 0.25) is 0 Å². The summed E-state index contributed by atoms with van der Waals surface area (Å²) in [5, 5.41) is 0. The van der Waals surface area contributed by atoms with Crippen molar-refractivity contribution in [1.29, 1.82) is 0 Å². The lowest BCUT2D eigenvalue weighted by Gasteiger charge is -2.06. The molecule has 3 heteroatoms. The Hall–Kier alpha value is 0.01000. The maximum atomic E-state index is 11.1. The number of benzene rings is 1. The quantitative estimate of drug-likeness (QED) is 0.683. The zero-order valence-corrected chi connectivity index (χ0v) is 8.83. The maximum Gasteiger partial charge on any atom is 0.166 e. The third kappa shape index (κ3) is 2.22. The van der Waals surface area contributed by atoms with Gasteiger partial charge in [-0.05, 0) is 51.7 Å². The molecule has 0 aliphatic carbocycles. The highest BCUT2D eigenvalue weighted by atomic mass is 79.9. The molecule has 0 radical (unpaired) electrons. The minimum atomic E-state index is -0.896. The number of hydrogen-bond acceptors (Lipinski definition) is 1. The van der Waals surface area contributed by atoms with Crippen molar-refractivity contribution >= 4 is 27.1 Å². The van der Waals surface area contributed by atoms with Gasteiger partial charge in [-0.3, -0.25) is 0 Å². The molecule has 0 bridgehead atoms. The van der Waals surface area contributed by atoms with Crippen LogP contribution in [-0.2, 0) is 11.2 Å². The molecular weight excluding hydrogens is 224 g/mol. The molecule has 0 saturated heterocycles. The molecule has 0 N–H and O–H groups in total. The summed E-state index contributed by atoms with van der Waals surface area (Å²) in [5.74, 6) is 0. The first-order valence-electron chi connectivity index (χ1n) is 3.21. The van der Waals surface area contributed by atoms with E-state index in [4.69, 9.17) is 0 Å². The molecule has 0 spiro atoms. The van der Waals surface area contributed by atoms with E-state index in [1.165, 1.54) is 5.56 Å². The predicted molar refractivity (Wildman–Crippen MR) is 51.2 cm³/mol. The van der Waals surface area contributed by atoms with Gasteiger partial charge in [0, 0.05) is 0 Å². The van der Waals surface area contributed by atoms with Gasteiger partial charge in [0.1, 0.15) is 6.26 Å². The number of aryl methyl sites for hydroxylation is 1. The molecule has 1 rings (SSSR count). The second-order valence-corrected chi connectivity index (χ2v) is 4.59. The van der Waals surface area contributed by atoms with Crippen molar-refractivity contribution in [3.05, 3.63) is 28.2 Å². The van der Waals surface area contributed by atoms with Crippen molar-refractivity contribution < 1.29 is 4.55 Å². The second-order valence-electron chi connectivity index (χ2n) is 2.39. The molecule has 0 aliphatic rings. The molecule has 1 aromatic carbocycles. The van der Waals surface area contributed by atoms with Crippen molar-refractivity contribution in [1.82, 2.24) is 0 Å². The van der Waals surface area contributed by atoms with E-state index in [-0.39, 0.29) is 0 Å². The van der Waals surface area contributed by atoms with Crippen LogP contribution in [0.15, 0.2) is 27.6 Å². The molecule has 0 aromatic heterocycles. The van der Waals surface area contributed by atoms with E-state index in [1.54, 1.807) is 6.26 Å². The zero-order valence-electron chi connectivity index (χ0n) is 6.43. The van der Waals surface area contributed by atoms with Crippen molar-refractivity contribution in [3.63, 3.8) is 0 Å². The fourth-order valence-electron chi connectivity index (χ4n) is 0.839. The van der Waals surface area contributed by atoms with Crippen molar-refractivity contribution in [2.75, 3.05) is 6.26 Å². The highest BCUT2D eigenvalue weighted by molar-refractivity contribution is 9.10. The van der Waals surface area contributed by atoms with Gasteiger partial charge in [-0.25, -0.2) is 0 Å². The SMILES string of the molecule is Cc1ccc([S+](C)[O-])c(Br)c1. The van der Waals surface area contributed by atoms with Crippen LogP contribution in [0, 0.1) is 6.92 Å². The summed E-state index contributed by atoms with van der Waals surface area (Å²) in [6.45, 7) is 2.01.